The monoisotopic (exact) mass is 463 g/mol. The lowest BCUT2D eigenvalue weighted by Crippen LogP contribution is -2.47. The minimum atomic E-state index is -4.60. The molecule has 0 unspecified atom stereocenters. The minimum Gasteiger partial charge on any atom is -0.448 e. The maximum Gasteiger partial charge on any atom is 0.416 e. The highest BCUT2D eigenvalue weighted by Crippen LogP contribution is 2.37. The van der Waals surface area contributed by atoms with Gasteiger partial charge in [-0.3, -0.25) is 14.5 Å². The van der Waals surface area contributed by atoms with Gasteiger partial charge in [-0.25, -0.2) is 4.79 Å². The van der Waals surface area contributed by atoms with Crippen molar-refractivity contribution in [3.63, 3.8) is 0 Å². The molecule has 32 heavy (non-hydrogen) atoms. The molecule has 0 aliphatic carbocycles. The number of fused-ring (bicyclic) bond motifs is 1. The molecule has 1 aliphatic rings. The highest BCUT2D eigenvalue weighted by Gasteiger charge is 2.36. The van der Waals surface area contributed by atoms with Gasteiger partial charge in [-0.05, 0) is 48.7 Å². The van der Waals surface area contributed by atoms with Crippen molar-refractivity contribution in [2.75, 3.05) is 16.8 Å². The summed E-state index contributed by atoms with van der Waals surface area (Å²) in [4.78, 5) is 38.9. The number of amides is 2. The first-order valence-corrected chi connectivity index (χ1v) is 10.3. The van der Waals surface area contributed by atoms with E-state index in [2.05, 4.69) is 5.32 Å². The van der Waals surface area contributed by atoms with Crippen LogP contribution in [-0.4, -0.2) is 35.0 Å². The van der Waals surface area contributed by atoms with E-state index in [1.165, 1.54) is 6.92 Å². The van der Waals surface area contributed by atoms with Crippen LogP contribution in [-0.2, 0) is 20.5 Å². The van der Waals surface area contributed by atoms with Gasteiger partial charge in [0.2, 0.25) is 5.91 Å². The Kier molecular flexibility index (Phi) is 5.51. The van der Waals surface area contributed by atoms with Gasteiger partial charge < -0.3 is 14.6 Å². The zero-order valence-corrected chi connectivity index (χ0v) is 17.4. The highest BCUT2D eigenvalue weighted by atomic mass is 32.1. The van der Waals surface area contributed by atoms with Crippen LogP contribution in [0.5, 0.6) is 0 Å². The van der Waals surface area contributed by atoms with E-state index in [0.717, 1.165) is 34.4 Å². The third-order valence-electron chi connectivity index (χ3n) is 4.80. The van der Waals surface area contributed by atoms with Gasteiger partial charge in [-0.1, -0.05) is 0 Å². The number of benzene rings is 1. The molecule has 0 radical (unpaired) electrons. The summed E-state index contributed by atoms with van der Waals surface area (Å²) >= 11 is 1.15. The molecule has 11 heteroatoms. The van der Waals surface area contributed by atoms with Gasteiger partial charge in [0.05, 0.1) is 22.6 Å². The van der Waals surface area contributed by atoms with Gasteiger partial charge in [0.1, 0.15) is 11.4 Å². The van der Waals surface area contributed by atoms with Gasteiger partial charge in [-0.15, -0.1) is 11.3 Å². The predicted molar refractivity (Wildman–Crippen MR) is 111 cm³/mol. The first-order chi connectivity index (χ1) is 15.1. The number of rotatable bonds is 4. The number of nitrogens with one attached hydrogen (secondary N) is 1. The standard InChI is InChI=1S/C21H16F3N3O4S/c1-12(31-20(30)18-16(6-9-32-18)26-7-2-3-8-26)19(29)27-11-17(28)25-14-10-13(21(22,23)24)4-5-15(14)27/h2-10,12H,11H2,1H3,(H,25,28)/t12-/m1/s1. The number of esters is 1. The van der Waals surface area contributed by atoms with Crippen LogP contribution < -0.4 is 10.2 Å². The van der Waals surface area contributed by atoms with Crippen molar-refractivity contribution < 1.29 is 32.3 Å². The molecule has 2 amide bonds. The maximum atomic E-state index is 13.0. The molecule has 1 aromatic carbocycles. The number of nitrogens with zero attached hydrogens (tertiary/aromatic N) is 2. The Balaban J connectivity index is 1.55. The molecule has 4 rings (SSSR count). The summed E-state index contributed by atoms with van der Waals surface area (Å²) < 4.78 is 46.1. The Morgan fingerprint density at radius 1 is 1.16 bits per heavy atom. The molecule has 1 aliphatic heterocycles. The molecule has 1 atom stereocenters. The SMILES string of the molecule is C[C@@H](OC(=O)c1sccc1-n1cccc1)C(=O)N1CC(=O)Nc2cc(C(F)(F)F)ccc21. The molecule has 0 spiro atoms. The number of carbonyl (C=O) groups is 3. The van der Waals surface area contributed by atoms with E-state index < -0.39 is 42.2 Å². The van der Waals surface area contributed by atoms with Crippen molar-refractivity contribution in [2.24, 2.45) is 0 Å². The van der Waals surface area contributed by atoms with Crippen LogP contribution in [0.3, 0.4) is 0 Å². The number of hydrogen-bond donors (Lipinski definition) is 1. The summed E-state index contributed by atoms with van der Waals surface area (Å²) in [7, 11) is 0. The van der Waals surface area contributed by atoms with Crippen molar-refractivity contribution in [1.29, 1.82) is 0 Å². The van der Waals surface area contributed by atoms with Crippen LogP contribution in [0.1, 0.15) is 22.2 Å². The van der Waals surface area contributed by atoms with Crippen molar-refractivity contribution in [3.8, 4) is 5.69 Å². The van der Waals surface area contributed by atoms with E-state index in [-0.39, 0.29) is 16.3 Å². The quantitative estimate of drug-likeness (QED) is 0.591. The fourth-order valence-corrected chi connectivity index (χ4v) is 4.07. The van der Waals surface area contributed by atoms with E-state index >= 15 is 0 Å². The van der Waals surface area contributed by atoms with Crippen LogP contribution in [0.2, 0.25) is 0 Å². The Bertz CT molecular complexity index is 1190. The minimum absolute atomic E-state index is 0.0923. The van der Waals surface area contributed by atoms with Gasteiger partial charge in [-0.2, -0.15) is 13.2 Å². The average Bonchev–Trinajstić information content (AvgIpc) is 3.42. The molecule has 7 nitrogen and oxygen atoms in total. The van der Waals surface area contributed by atoms with Gasteiger partial charge in [0.15, 0.2) is 6.10 Å². The summed E-state index contributed by atoms with van der Waals surface area (Å²) in [5.41, 5.74) is -0.418. The smallest absolute Gasteiger partial charge is 0.416 e. The third-order valence-corrected chi connectivity index (χ3v) is 5.68. The topological polar surface area (TPSA) is 80.6 Å². The Morgan fingerprint density at radius 3 is 2.56 bits per heavy atom. The lowest BCUT2D eigenvalue weighted by molar-refractivity contribution is -0.137. The summed E-state index contributed by atoms with van der Waals surface area (Å²) in [6.07, 6.45) is -2.37. The molecule has 0 bridgehead atoms. The van der Waals surface area contributed by atoms with Crippen LogP contribution in [0, 0.1) is 0 Å². The molecular formula is C21H16F3N3O4S. The number of aromatic nitrogens is 1. The molecule has 0 saturated heterocycles. The first kappa shape index (κ1) is 21.6. The van der Waals surface area contributed by atoms with Crippen LogP contribution >= 0.6 is 11.3 Å². The van der Waals surface area contributed by atoms with E-state index in [1.54, 1.807) is 40.5 Å². The van der Waals surface area contributed by atoms with Crippen molar-refractivity contribution in [1.82, 2.24) is 4.57 Å². The molecule has 1 N–H and O–H groups in total. The number of hydrogen-bond acceptors (Lipinski definition) is 5. The Morgan fingerprint density at radius 2 is 1.88 bits per heavy atom. The number of anilines is 2. The normalized spacial score (nSPS) is 14.5. The summed E-state index contributed by atoms with van der Waals surface area (Å²) in [6.45, 7) is 0.937. The summed E-state index contributed by atoms with van der Waals surface area (Å²) in [5.74, 6) is -2.11. The Hall–Kier alpha value is -3.60. The second-order valence-electron chi connectivity index (χ2n) is 6.98. The number of alkyl halides is 3. The van der Waals surface area contributed by atoms with E-state index in [0.29, 0.717) is 5.69 Å². The molecule has 3 aromatic rings. The molecule has 3 heterocycles. The zero-order valence-electron chi connectivity index (χ0n) is 16.6. The predicted octanol–water partition coefficient (Wildman–Crippen LogP) is 4.09. The average molecular weight is 463 g/mol. The van der Waals surface area contributed by atoms with Crippen molar-refractivity contribution in [3.05, 3.63) is 64.6 Å². The van der Waals surface area contributed by atoms with Crippen LogP contribution in [0.25, 0.3) is 5.69 Å². The number of halogens is 3. The highest BCUT2D eigenvalue weighted by molar-refractivity contribution is 7.12. The van der Waals surface area contributed by atoms with Crippen molar-refractivity contribution in [2.45, 2.75) is 19.2 Å². The number of thiophene rings is 1. The fraction of sp³-hybridized carbons (Fsp3) is 0.190. The summed E-state index contributed by atoms with van der Waals surface area (Å²) in [6, 6.07) is 8.01. The van der Waals surface area contributed by atoms with Gasteiger partial charge in [0, 0.05) is 12.4 Å². The molecule has 0 saturated carbocycles. The molecule has 2 aromatic heterocycles. The van der Waals surface area contributed by atoms with E-state index in [9.17, 15) is 27.6 Å². The van der Waals surface area contributed by atoms with E-state index in [1.807, 2.05) is 0 Å². The van der Waals surface area contributed by atoms with Crippen LogP contribution in [0.4, 0.5) is 24.5 Å². The molecule has 166 valence electrons. The van der Waals surface area contributed by atoms with Gasteiger partial charge >= 0.3 is 12.1 Å². The van der Waals surface area contributed by atoms with Crippen molar-refractivity contribution >= 4 is 40.5 Å². The molecular weight excluding hydrogens is 447 g/mol. The zero-order chi connectivity index (χ0) is 23.0. The van der Waals surface area contributed by atoms with E-state index in [4.69, 9.17) is 4.74 Å². The molecule has 0 fully saturated rings. The van der Waals surface area contributed by atoms with Gasteiger partial charge in [0.25, 0.3) is 5.91 Å². The van der Waals surface area contributed by atoms with Crippen LogP contribution in [0.15, 0.2) is 54.2 Å². The lowest BCUT2D eigenvalue weighted by atomic mass is 10.1. The fourth-order valence-electron chi connectivity index (χ4n) is 3.30. The second kappa shape index (κ2) is 8.15. The summed E-state index contributed by atoms with van der Waals surface area (Å²) in [5, 5.41) is 4.05. The second-order valence-corrected chi connectivity index (χ2v) is 7.89. The first-order valence-electron chi connectivity index (χ1n) is 9.39. The Labute approximate surface area is 184 Å². The lowest BCUT2D eigenvalue weighted by Gasteiger charge is -2.31. The largest absolute Gasteiger partial charge is 0.448 e. The number of ether oxygens (including phenoxy) is 1. The third kappa shape index (κ3) is 4.11. The maximum absolute atomic E-state index is 13.0. The number of carbonyl (C=O) groups excluding carboxylic acids is 3.